The van der Waals surface area contributed by atoms with E-state index in [0.29, 0.717) is 12.5 Å². The van der Waals surface area contributed by atoms with Crippen molar-refractivity contribution in [2.75, 3.05) is 53.4 Å². The van der Waals surface area contributed by atoms with Crippen LogP contribution in [0.4, 0.5) is 0 Å². The molecule has 1 aromatic carbocycles. The summed E-state index contributed by atoms with van der Waals surface area (Å²) in [6, 6.07) is 8.46. The van der Waals surface area contributed by atoms with Gasteiger partial charge in [0.05, 0.1) is 13.5 Å². The Morgan fingerprint density at radius 3 is 2.42 bits per heavy atom. The molecule has 0 N–H and O–H groups in total. The summed E-state index contributed by atoms with van der Waals surface area (Å²) in [5, 5.41) is 0. The lowest BCUT2D eigenvalue weighted by Crippen LogP contribution is -2.52. The molecule has 1 unspecified atom stereocenters. The van der Waals surface area contributed by atoms with Gasteiger partial charge in [-0.3, -0.25) is 9.69 Å². The monoisotopic (exact) mass is 359 g/mol. The third-order valence-corrected chi connectivity index (χ3v) is 5.94. The molecule has 5 nitrogen and oxygen atoms in total. The van der Waals surface area contributed by atoms with Crippen LogP contribution in [0.25, 0.3) is 0 Å². The first kappa shape index (κ1) is 19.2. The maximum Gasteiger partial charge on any atom is 0.226 e. The second-order valence-electron chi connectivity index (χ2n) is 7.96. The van der Waals surface area contributed by atoms with Crippen molar-refractivity contribution in [3.05, 3.63) is 29.8 Å². The molecule has 3 rings (SSSR count). The van der Waals surface area contributed by atoms with Gasteiger partial charge < -0.3 is 14.5 Å². The van der Waals surface area contributed by atoms with Crippen molar-refractivity contribution >= 4 is 5.91 Å². The van der Waals surface area contributed by atoms with Crippen LogP contribution in [0.1, 0.15) is 25.3 Å². The highest BCUT2D eigenvalue weighted by Crippen LogP contribution is 2.22. The lowest BCUT2D eigenvalue weighted by molar-refractivity contribution is -0.132. The van der Waals surface area contributed by atoms with Gasteiger partial charge >= 0.3 is 0 Å². The summed E-state index contributed by atoms with van der Waals surface area (Å²) < 4.78 is 5.18. The number of piperidine rings is 1. The van der Waals surface area contributed by atoms with E-state index in [2.05, 4.69) is 23.8 Å². The average Bonchev–Trinajstić information content (AvgIpc) is 2.65. The van der Waals surface area contributed by atoms with Crippen molar-refractivity contribution in [3.63, 3.8) is 0 Å². The summed E-state index contributed by atoms with van der Waals surface area (Å²) in [6.07, 6.45) is 2.75. The van der Waals surface area contributed by atoms with Crippen molar-refractivity contribution < 1.29 is 9.53 Å². The normalized spacial score (nSPS) is 23.2. The van der Waals surface area contributed by atoms with Crippen LogP contribution < -0.4 is 4.74 Å². The van der Waals surface area contributed by atoms with Crippen molar-refractivity contribution in [2.24, 2.45) is 5.92 Å². The van der Waals surface area contributed by atoms with Crippen LogP contribution in [-0.2, 0) is 11.2 Å². The van der Waals surface area contributed by atoms with E-state index in [4.69, 9.17) is 4.74 Å². The number of hydrogen-bond acceptors (Lipinski definition) is 4. The van der Waals surface area contributed by atoms with Crippen molar-refractivity contribution in [1.29, 1.82) is 0 Å². The molecule has 1 amide bonds. The van der Waals surface area contributed by atoms with Gasteiger partial charge in [0.25, 0.3) is 0 Å². The minimum absolute atomic E-state index is 0.251. The molecule has 0 aliphatic carbocycles. The van der Waals surface area contributed by atoms with Gasteiger partial charge in [0.2, 0.25) is 5.91 Å². The van der Waals surface area contributed by atoms with E-state index >= 15 is 0 Å². The fourth-order valence-electron chi connectivity index (χ4n) is 4.17. The standard InChI is InChI=1S/C21H33N3O2/c1-17-15-22(2)12-13-24(17)16-19-8-10-23(11-9-19)21(25)14-18-4-6-20(26-3)7-5-18/h4-7,17,19H,8-16H2,1-3H3. The van der Waals surface area contributed by atoms with Crippen LogP contribution >= 0.6 is 0 Å². The number of nitrogens with zero attached hydrogens (tertiary/aromatic N) is 3. The van der Waals surface area contributed by atoms with Crippen LogP contribution in [0.15, 0.2) is 24.3 Å². The fourth-order valence-corrected chi connectivity index (χ4v) is 4.17. The first-order valence-corrected chi connectivity index (χ1v) is 9.88. The van der Waals surface area contributed by atoms with Gasteiger partial charge in [0, 0.05) is 45.3 Å². The lowest BCUT2D eigenvalue weighted by atomic mass is 9.94. The number of rotatable bonds is 5. The van der Waals surface area contributed by atoms with Gasteiger partial charge in [-0.15, -0.1) is 0 Å². The Balaban J connectivity index is 1.43. The number of amides is 1. The number of likely N-dealkylation sites (N-methyl/N-ethyl adjacent to an activating group) is 1. The Kier molecular flexibility index (Phi) is 6.54. The molecule has 2 heterocycles. The first-order chi connectivity index (χ1) is 12.5. The Hall–Kier alpha value is -1.59. The predicted octanol–water partition coefficient (Wildman–Crippen LogP) is 2.11. The van der Waals surface area contributed by atoms with Gasteiger partial charge in [-0.1, -0.05) is 12.1 Å². The molecule has 1 aromatic rings. The van der Waals surface area contributed by atoms with Gasteiger partial charge in [0.1, 0.15) is 5.75 Å². The Labute approximate surface area is 157 Å². The quantitative estimate of drug-likeness (QED) is 0.807. The van der Waals surface area contributed by atoms with Crippen LogP contribution in [0.5, 0.6) is 5.75 Å². The number of benzene rings is 1. The van der Waals surface area contributed by atoms with Crippen molar-refractivity contribution in [3.8, 4) is 5.75 Å². The van der Waals surface area contributed by atoms with Gasteiger partial charge in [-0.25, -0.2) is 0 Å². The Morgan fingerprint density at radius 1 is 1.12 bits per heavy atom. The highest BCUT2D eigenvalue weighted by Gasteiger charge is 2.27. The molecule has 2 aliphatic heterocycles. The molecule has 5 heteroatoms. The molecule has 2 aliphatic rings. The number of likely N-dealkylation sites (tertiary alicyclic amines) is 1. The molecule has 144 valence electrons. The Morgan fingerprint density at radius 2 is 1.81 bits per heavy atom. The van der Waals surface area contributed by atoms with Crippen LogP contribution in [0.3, 0.4) is 0 Å². The fraction of sp³-hybridized carbons (Fsp3) is 0.667. The molecule has 0 saturated carbocycles. The lowest BCUT2D eigenvalue weighted by Gasteiger charge is -2.41. The SMILES string of the molecule is COc1ccc(CC(=O)N2CCC(CN3CCN(C)CC3C)CC2)cc1. The second-order valence-corrected chi connectivity index (χ2v) is 7.96. The summed E-state index contributed by atoms with van der Waals surface area (Å²) >= 11 is 0. The molecular weight excluding hydrogens is 326 g/mol. The molecule has 0 aromatic heterocycles. The molecular formula is C21H33N3O2. The highest BCUT2D eigenvalue weighted by molar-refractivity contribution is 5.78. The minimum atomic E-state index is 0.251. The highest BCUT2D eigenvalue weighted by atomic mass is 16.5. The van der Waals surface area contributed by atoms with E-state index in [1.165, 1.54) is 26.2 Å². The number of piperazine rings is 1. The van der Waals surface area contributed by atoms with E-state index in [1.54, 1.807) is 7.11 Å². The topological polar surface area (TPSA) is 36.0 Å². The van der Waals surface area contributed by atoms with E-state index in [9.17, 15) is 4.79 Å². The predicted molar refractivity (Wildman–Crippen MR) is 105 cm³/mol. The van der Waals surface area contributed by atoms with E-state index < -0.39 is 0 Å². The zero-order valence-corrected chi connectivity index (χ0v) is 16.5. The molecule has 2 fully saturated rings. The van der Waals surface area contributed by atoms with E-state index in [0.717, 1.165) is 43.2 Å². The third kappa shape index (κ3) is 4.98. The average molecular weight is 360 g/mol. The van der Waals surface area contributed by atoms with E-state index in [1.807, 2.05) is 29.2 Å². The zero-order chi connectivity index (χ0) is 18.5. The zero-order valence-electron chi connectivity index (χ0n) is 16.5. The summed E-state index contributed by atoms with van der Waals surface area (Å²) in [6.45, 7) is 8.85. The number of carbonyl (C=O) groups is 1. The van der Waals surface area contributed by atoms with Crippen LogP contribution in [0, 0.1) is 5.92 Å². The largest absolute Gasteiger partial charge is 0.497 e. The second kappa shape index (κ2) is 8.87. The summed E-state index contributed by atoms with van der Waals surface area (Å²) in [4.78, 5) is 19.7. The summed E-state index contributed by atoms with van der Waals surface area (Å²) in [5.74, 6) is 1.81. The molecule has 0 bridgehead atoms. The van der Waals surface area contributed by atoms with Gasteiger partial charge in [-0.05, 0) is 50.4 Å². The molecule has 2 saturated heterocycles. The molecule has 0 radical (unpaired) electrons. The van der Waals surface area contributed by atoms with Crippen LogP contribution in [-0.4, -0.2) is 80.1 Å². The van der Waals surface area contributed by atoms with E-state index in [-0.39, 0.29) is 5.91 Å². The number of hydrogen-bond donors (Lipinski definition) is 0. The first-order valence-electron chi connectivity index (χ1n) is 9.88. The van der Waals surface area contributed by atoms with Gasteiger partial charge in [0.15, 0.2) is 0 Å². The van der Waals surface area contributed by atoms with Crippen molar-refractivity contribution in [1.82, 2.24) is 14.7 Å². The smallest absolute Gasteiger partial charge is 0.226 e. The number of methoxy groups -OCH3 is 1. The van der Waals surface area contributed by atoms with Crippen molar-refractivity contribution in [2.45, 2.75) is 32.2 Å². The van der Waals surface area contributed by atoms with Gasteiger partial charge in [-0.2, -0.15) is 0 Å². The maximum atomic E-state index is 12.6. The Bertz CT molecular complexity index is 581. The minimum Gasteiger partial charge on any atom is -0.497 e. The molecule has 26 heavy (non-hydrogen) atoms. The number of carbonyl (C=O) groups excluding carboxylic acids is 1. The maximum absolute atomic E-state index is 12.6. The molecule has 1 atom stereocenters. The number of ether oxygens (including phenoxy) is 1. The summed E-state index contributed by atoms with van der Waals surface area (Å²) in [7, 11) is 3.87. The summed E-state index contributed by atoms with van der Waals surface area (Å²) in [5.41, 5.74) is 1.06. The van der Waals surface area contributed by atoms with Crippen LogP contribution in [0.2, 0.25) is 0 Å². The third-order valence-electron chi connectivity index (χ3n) is 5.94. The molecule has 0 spiro atoms.